The highest BCUT2D eigenvalue weighted by molar-refractivity contribution is 5.85. The lowest BCUT2D eigenvalue weighted by Crippen LogP contribution is -2.36. The molecule has 1 aliphatic carbocycles. The smallest absolute Gasteiger partial charge is 0.303 e. The Bertz CT molecular complexity index is 818. The molecule has 0 N–H and O–H groups in total. The normalized spacial score (nSPS) is 27.7. The third-order valence-corrected chi connectivity index (χ3v) is 4.19. The monoisotopic (exact) mass is 313 g/mol. The Morgan fingerprint density at radius 1 is 1.13 bits per heavy atom. The maximum atomic E-state index is 11.6. The molecule has 4 atom stereocenters. The Morgan fingerprint density at radius 3 is 2.65 bits per heavy atom. The molecule has 0 saturated carbocycles. The summed E-state index contributed by atoms with van der Waals surface area (Å²) in [6.45, 7) is 2.68. The molecule has 6 nitrogen and oxygen atoms in total. The van der Waals surface area contributed by atoms with Crippen LogP contribution in [-0.4, -0.2) is 29.1 Å². The number of nitrogens with zero attached hydrogens (tertiary/aromatic N) is 1. The van der Waals surface area contributed by atoms with Gasteiger partial charge < -0.3 is 14.2 Å². The Balaban J connectivity index is 1.90. The molecular formula is C17H15NO5. The summed E-state index contributed by atoms with van der Waals surface area (Å²) in [6.07, 6.45) is -0.0309. The number of hydrogen-bond acceptors (Lipinski definition) is 6. The summed E-state index contributed by atoms with van der Waals surface area (Å²) in [7, 11) is 0. The van der Waals surface area contributed by atoms with Gasteiger partial charge in [0.05, 0.1) is 5.52 Å². The van der Waals surface area contributed by atoms with E-state index in [1.807, 2.05) is 24.3 Å². The minimum absolute atomic E-state index is 0.134. The Labute approximate surface area is 132 Å². The van der Waals surface area contributed by atoms with Crippen LogP contribution < -0.4 is 0 Å². The second kappa shape index (κ2) is 5.03. The van der Waals surface area contributed by atoms with Crippen LogP contribution >= 0.6 is 0 Å². The van der Waals surface area contributed by atoms with Crippen molar-refractivity contribution in [1.82, 2.24) is 4.98 Å². The minimum atomic E-state index is -0.692. The molecule has 1 fully saturated rings. The van der Waals surface area contributed by atoms with Gasteiger partial charge in [0.15, 0.2) is 12.2 Å². The predicted octanol–water partition coefficient (Wildman–Crippen LogP) is 2.22. The van der Waals surface area contributed by atoms with E-state index in [2.05, 4.69) is 4.98 Å². The number of benzene rings is 1. The number of carbonyl (C=O) groups excluding carboxylic acids is 2. The molecule has 2 aliphatic rings. The van der Waals surface area contributed by atoms with Crippen LogP contribution in [0.25, 0.3) is 10.9 Å². The zero-order valence-corrected chi connectivity index (χ0v) is 12.7. The fourth-order valence-electron chi connectivity index (χ4n) is 3.34. The van der Waals surface area contributed by atoms with Gasteiger partial charge in [0.25, 0.3) is 0 Å². The number of esters is 2. The van der Waals surface area contributed by atoms with Gasteiger partial charge in [-0.25, -0.2) is 0 Å². The van der Waals surface area contributed by atoms with Gasteiger partial charge in [0.1, 0.15) is 12.2 Å². The van der Waals surface area contributed by atoms with Crippen LogP contribution in [0.5, 0.6) is 0 Å². The van der Waals surface area contributed by atoms with Gasteiger partial charge in [-0.3, -0.25) is 14.6 Å². The van der Waals surface area contributed by atoms with Crippen LogP contribution in [0.3, 0.4) is 0 Å². The summed E-state index contributed by atoms with van der Waals surface area (Å²) in [4.78, 5) is 27.4. The van der Waals surface area contributed by atoms with Crippen molar-refractivity contribution in [2.45, 2.75) is 38.3 Å². The van der Waals surface area contributed by atoms with Gasteiger partial charge in [0, 0.05) is 31.0 Å². The van der Waals surface area contributed by atoms with Crippen molar-refractivity contribution < 1.29 is 23.8 Å². The highest BCUT2D eigenvalue weighted by Gasteiger charge is 2.58. The van der Waals surface area contributed by atoms with Gasteiger partial charge >= 0.3 is 11.9 Å². The van der Waals surface area contributed by atoms with Crippen molar-refractivity contribution in [3.8, 4) is 0 Å². The summed E-state index contributed by atoms with van der Waals surface area (Å²) >= 11 is 0. The van der Waals surface area contributed by atoms with Gasteiger partial charge in [-0.05, 0) is 17.7 Å². The predicted molar refractivity (Wildman–Crippen MR) is 79.4 cm³/mol. The number of epoxide rings is 1. The molecule has 4 rings (SSSR count). The minimum Gasteiger partial charge on any atom is -0.455 e. The molecule has 1 aliphatic heterocycles. The van der Waals surface area contributed by atoms with E-state index in [-0.39, 0.29) is 12.2 Å². The molecule has 1 aromatic carbocycles. The highest BCUT2D eigenvalue weighted by atomic mass is 16.6. The van der Waals surface area contributed by atoms with E-state index in [1.54, 1.807) is 6.20 Å². The highest BCUT2D eigenvalue weighted by Crippen LogP contribution is 2.54. The topological polar surface area (TPSA) is 78.0 Å². The van der Waals surface area contributed by atoms with Crippen molar-refractivity contribution in [3.63, 3.8) is 0 Å². The summed E-state index contributed by atoms with van der Waals surface area (Å²) < 4.78 is 16.6. The third-order valence-electron chi connectivity index (χ3n) is 4.19. The van der Waals surface area contributed by atoms with E-state index in [0.29, 0.717) is 0 Å². The number of pyridine rings is 1. The fraction of sp³-hybridized carbons (Fsp3) is 0.353. The van der Waals surface area contributed by atoms with Crippen LogP contribution in [0, 0.1) is 0 Å². The van der Waals surface area contributed by atoms with Crippen molar-refractivity contribution in [1.29, 1.82) is 0 Å². The van der Waals surface area contributed by atoms with Gasteiger partial charge in [-0.1, -0.05) is 12.1 Å². The van der Waals surface area contributed by atoms with E-state index < -0.39 is 24.1 Å². The summed E-state index contributed by atoms with van der Waals surface area (Å²) in [5, 5.41) is 0.877. The molecule has 0 radical (unpaired) electrons. The fourth-order valence-corrected chi connectivity index (χ4v) is 3.34. The molecule has 1 saturated heterocycles. The second-order valence-corrected chi connectivity index (χ2v) is 5.76. The standard InChI is InChI=1S/C17H15NO5/c1-8(19)21-15-13-10-4-3-7-18-12(10)6-5-11(13)14-16(23-14)17(15)22-9(2)20/h3-7,14-17H,1-2H3. The van der Waals surface area contributed by atoms with Crippen molar-refractivity contribution >= 4 is 22.8 Å². The molecule has 1 aromatic heterocycles. The average Bonchev–Trinajstić information content (AvgIpc) is 3.29. The molecule has 23 heavy (non-hydrogen) atoms. The summed E-state index contributed by atoms with van der Waals surface area (Å²) in [5.74, 6) is -0.860. The first-order chi connectivity index (χ1) is 11.1. The van der Waals surface area contributed by atoms with Crippen LogP contribution in [0.2, 0.25) is 0 Å². The van der Waals surface area contributed by atoms with Gasteiger partial charge in [0.2, 0.25) is 0 Å². The van der Waals surface area contributed by atoms with E-state index >= 15 is 0 Å². The Morgan fingerprint density at radius 2 is 1.91 bits per heavy atom. The molecule has 2 aromatic rings. The molecule has 6 heteroatoms. The largest absolute Gasteiger partial charge is 0.455 e. The van der Waals surface area contributed by atoms with Crippen molar-refractivity contribution in [2.75, 3.05) is 0 Å². The third kappa shape index (κ3) is 2.26. The number of fused-ring (bicyclic) bond motifs is 5. The maximum Gasteiger partial charge on any atom is 0.303 e. The lowest BCUT2D eigenvalue weighted by atomic mass is 9.84. The first-order valence-electron chi connectivity index (χ1n) is 7.43. The average molecular weight is 313 g/mol. The van der Waals surface area contributed by atoms with Gasteiger partial charge in [-0.2, -0.15) is 0 Å². The van der Waals surface area contributed by atoms with Crippen LogP contribution in [0.1, 0.15) is 37.2 Å². The molecule has 4 unspecified atom stereocenters. The first-order valence-corrected chi connectivity index (χ1v) is 7.43. The number of hydrogen-bond donors (Lipinski definition) is 0. The van der Waals surface area contributed by atoms with Crippen molar-refractivity contribution in [3.05, 3.63) is 41.6 Å². The number of ether oxygens (including phenoxy) is 3. The Hall–Kier alpha value is -2.47. The van der Waals surface area contributed by atoms with E-state index in [9.17, 15) is 9.59 Å². The molecule has 118 valence electrons. The first kappa shape index (κ1) is 14.1. The number of carbonyl (C=O) groups is 2. The molecule has 2 heterocycles. The Kier molecular flexibility index (Phi) is 3.09. The van der Waals surface area contributed by atoms with Crippen LogP contribution in [0.15, 0.2) is 30.5 Å². The zero-order valence-electron chi connectivity index (χ0n) is 12.7. The van der Waals surface area contributed by atoms with Crippen LogP contribution in [-0.2, 0) is 23.8 Å². The molecule has 0 bridgehead atoms. The molecule has 0 spiro atoms. The van der Waals surface area contributed by atoms with Crippen molar-refractivity contribution in [2.24, 2.45) is 0 Å². The summed E-state index contributed by atoms with van der Waals surface area (Å²) in [6, 6.07) is 7.61. The molecule has 0 amide bonds. The van der Waals surface area contributed by atoms with E-state index in [0.717, 1.165) is 22.0 Å². The quantitative estimate of drug-likeness (QED) is 0.625. The number of aromatic nitrogens is 1. The van der Waals surface area contributed by atoms with E-state index in [4.69, 9.17) is 14.2 Å². The summed E-state index contributed by atoms with van der Waals surface area (Å²) in [5.41, 5.74) is 2.57. The van der Waals surface area contributed by atoms with Gasteiger partial charge in [-0.15, -0.1) is 0 Å². The zero-order chi connectivity index (χ0) is 16.1. The lowest BCUT2D eigenvalue weighted by Gasteiger charge is -2.30. The molecular weight excluding hydrogens is 298 g/mol. The number of rotatable bonds is 2. The van der Waals surface area contributed by atoms with Crippen LogP contribution in [0.4, 0.5) is 0 Å². The maximum absolute atomic E-state index is 11.6. The second-order valence-electron chi connectivity index (χ2n) is 5.76. The van der Waals surface area contributed by atoms with E-state index in [1.165, 1.54) is 13.8 Å². The SMILES string of the molecule is CC(=O)OC1c2c(ccc3ncccc23)C2OC2C1OC(C)=O. The lowest BCUT2D eigenvalue weighted by molar-refractivity contribution is -0.168.